The van der Waals surface area contributed by atoms with Crippen molar-refractivity contribution in [1.29, 1.82) is 0 Å². The maximum Gasteiger partial charge on any atom is 2.00 e. The van der Waals surface area contributed by atoms with Gasteiger partial charge in [-0.25, -0.2) is 0 Å². The number of hydrogen-bond acceptors (Lipinski definition) is 14. The minimum atomic E-state index is -2.97. The van der Waals surface area contributed by atoms with Gasteiger partial charge in [0.1, 0.15) is 37.4 Å². The fraction of sp³-hybridized carbons (Fsp3) is 0.625. The molecule has 0 saturated carbocycles. The number of rotatable bonds is 10. The molecule has 22 heteroatoms. The number of carboxylic acid groups (broad SMARTS) is 6. The number of nitrogens with two attached hydrogens (primary N) is 2. The van der Waals surface area contributed by atoms with E-state index in [-0.39, 0.29) is 54.9 Å². The normalized spacial score (nSPS) is 11.2. The predicted molar refractivity (Wildman–Crippen MR) is 101 cm³/mol. The number of piperazine rings is 1. The van der Waals surface area contributed by atoms with E-state index in [4.69, 9.17) is 10.2 Å². The van der Waals surface area contributed by atoms with E-state index in [1.165, 1.54) is 26.2 Å². The molecule has 0 bridgehead atoms. The summed E-state index contributed by atoms with van der Waals surface area (Å²) in [6, 6.07) is 0. The van der Waals surface area contributed by atoms with Crippen LogP contribution in [-0.4, -0.2) is 83.4 Å². The molecule has 0 aromatic rings. The standard InChI is InChI=1S/2C6H8O7.C4H10N2.2Ni.4H2O/c2*7-3(8)1-6(13,5(11)12)2-4(9)10;1-2-6-4-3-5-1;;;;;;/h2*13H,1-2H2,(H,7,8)(H,9,10)(H,11,12);5-6H,1-4H2;;;4*1H2/q;;;2*+2;;;;. The maximum atomic E-state index is 10.1. The first-order valence-electron chi connectivity index (χ1n) is 8.86. The molecule has 1 saturated heterocycles. The van der Waals surface area contributed by atoms with Gasteiger partial charge in [0.15, 0.2) is 0 Å². The molecule has 0 aromatic heterocycles. The van der Waals surface area contributed by atoms with E-state index in [1.807, 2.05) is 0 Å². The molecule has 0 radical (unpaired) electrons. The summed E-state index contributed by atoms with van der Waals surface area (Å²) in [6.45, 7) is 5.28. The SMILES string of the molecule is C1C[NH2+]CC[NH2+]1.O=C([O-])CC(O)(CC(=O)[O-])C(=O)[O-].O=C([O-])CC(O)(CC(=O)[O-])C(=O)[O-].[Ni+2].[Ni+2].[OH3+].[OH3+].[OH3+].[OH3+]. The van der Waals surface area contributed by atoms with E-state index in [0.717, 1.165) is 0 Å². The Hall–Kier alpha value is -2.51. The van der Waals surface area contributed by atoms with Crippen molar-refractivity contribution in [2.75, 3.05) is 26.2 Å². The van der Waals surface area contributed by atoms with E-state index in [9.17, 15) is 59.4 Å². The molecule has 18 N–H and O–H groups in total. The summed E-state index contributed by atoms with van der Waals surface area (Å²) < 4.78 is 0. The van der Waals surface area contributed by atoms with Gasteiger partial charge < -0.3 is 102 Å². The van der Waals surface area contributed by atoms with Gasteiger partial charge in [0.05, 0.1) is 11.9 Å². The number of hydrogen-bond donors (Lipinski definition) is 4. The number of carbonyl (C=O) groups is 6. The van der Waals surface area contributed by atoms with Gasteiger partial charge in [-0.1, -0.05) is 0 Å². The molecule has 1 rings (SSSR count). The molecule has 0 unspecified atom stereocenters. The van der Waals surface area contributed by atoms with Crippen molar-refractivity contribution >= 4 is 35.8 Å². The Balaban J connectivity index is -0.0000000574. The Kier molecular flexibility index (Phi) is 40.5. The molecule has 20 nitrogen and oxygen atoms in total. The largest absolute Gasteiger partial charge is 2.00 e. The van der Waals surface area contributed by atoms with Crippen LogP contribution in [0.1, 0.15) is 25.7 Å². The topological polar surface area (TPSA) is 446 Å². The van der Waals surface area contributed by atoms with Crippen molar-refractivity contribution in [2.45, 2.75) is 36.9 Å². The summed E-state index contributed by atoms with van der Waals surface area (Å²) in [4.78, 5) is 60.0. The van der Waals surface area contributed by atoms with Gasteiger partial charge in [0, 0.05) is 49.6 Å². The quantitative estimate of drug-likeness (QED) is 0.125. The van der Waals surface area contributed by atoms with Gasteiger partial charge in [0.2, 0.25) is 0 Å². The second-order valence-electron chi connectivity index (χ2n) is 6.57. The Labute approximate surface area is 234 Å². The first kappa shape index (κ1) is 55.9. The van der Waals surface area contributed by atoms with Crippen LogP contribution in [0.4, 0.5) is 0 Å². The van der Waals surface area contributed by atoms with Crippen LogP contribution in [0.3, 0.4) is 0 Å². The zero-order chi connectivity index (χ0) is 25.5. The summed E-state index contributed by atoms with van der Waals surface area (Å²) in [5, 5.41) is 82.6. The molecule has 1 heterocycles. The monoisotopic (exact) mass is 658 g/mol. The van der Waals surface area contributed by atoms with Crippen LogP contribution < -0.4 is 41.3 Å². The second-order valence-corrected chi connectivity index (χ2v) is 6.57. The Morgan fingerprint density at radius 1 is 0.500 bits per heavy atom. The Bertz CT molecular complexity index is 608. The molecular formula is C16H34N2Ni2O18+4. The maximum absolute atomic E-state index is 10.1. The van der Waals surface area contributed by atoms with Crippen LogP contribution in [0.2, 0.25) is 0 Å². The molecule has 0 atom stereocenters. The van der Waals surface area contributed by atoms with Gasteiger partial charge in [-0.15, -0.1) is 0 Å². The van der Waals surface area contributed by atoms with Gasteiger partial charge in [-0.2, -0.15) is 0 Å². The molecular weight excluding hydrogens is 626 g/mol. The molecule has 1 aliphatic heterocycles. The summed E-state index contributed by atoms with van der Waals surface area (Å²) in [7, 11) is 0. The summed E-state index contributed by atoms with van der Waals surface area (Å²) in [6.07, 6.45) is -5.43. The van der Waals surface area contributed by atoms with E-state index in [2.05, 4.69) is 10.6 Å². The fourth-order valence-corrected chi connectivity index (χ4v) is 2.13. The Morgan fingerprint density at radius 2 is 0.658 bits per heavy atom. The predicted octanol–water partition coefficient (Wildman–Crippen LogP) is -17.1. The zero-order valence-electron chi connectivity index (χ0n) is 19.5. The zero-order valence-corrected chi connectivity index (χ0v) is 21.5. The summed E-state index contributed by atoms with van der Waals surface area (Å²) in [5.41, 5.74) is -5.95. The van der Waals surface area contributed by atoms with E-state index < -0.39 is 72.7 Å². The van der Waals surface area contributed by atoms with Crippen molar-refractivity contribution in [3.05, 3.63) is 0 Å². The summed E-state index contributed by atoms with van der Waals surface area (Å²) in [5.74, 6) is -12.0. The molecule has 38 heavy (non-hydrogen) atoms. The minimum Gasteiger partial charge on any atom is -0.550 e. The van der Waals surface area contributed by atoms with E-state index in [1.54, 1.807) is 0 Å². The van der Waals surface area contributed by atoms with Gasteiger partial charge >= 0.3 is 33.0 Å². The van der Waals surface area contributed by atoms with Crippen LogP contribution in [-0.2, 0) is 83.7 Å². The number of quaternary nitrogens is 2. The van der Waals surface area contributed by atoms with Crippen molar-refractivity contribution in [3.8, 4) is 0 Å². The van der Waals surface area contributed by atoms with E-state index >= 15 is 0 Å². The third-order valence-electron chi connectivity index (χ3n) is 3.66. The molecule has 232 valence electrons. The molecule has 0 aromatic carbocycles. The van der Waals surface area contributed by atoms with Crippen molar-refractivity contribution in [3.63, 3.8) is 0 Å². The van der Waals surface area contributed by atoms with Crippen LogP contribution in [0, 0.1) is 0 Å². The number of aliphatic hydroxyl groups is 2. The first-order chi connectivity index (χ1) is 14.6. The van der Waals surface area contributed by atoms with Crippen molar-refractivity contribution in [2.24, 2.45) is 0 Å². The summed E-state index contributed by atoms with van der Waals surface area (Å²) >= 11 is 0. The third kappa shape index (κ3) is 28.1. The smallest absolute Gasteiger partial charge is 0.550 e. The molecule has 0 spiro atoms. The number of carboxylic acids is 6. The average Bonchev–Trinajstić information content (AvgIpc) is 2.61. The molecule has 0 amide bonds. The van der Waals surface area contributed by atoms with Crippen LogP contribution in [0.25, 0.3) is 0 Å². The molecule has 1 fully saturated rings. The first-order valence-corrected chi connectivity index (χ1v) is 8.86. The third-order valence-corrected chi connectivity index (χ3v) is 3.66. The van der Waals surface area contributed by atoms with E-state index in [0.29, 0.717) is 0 Å². The van der Waals surface area contributed by atoms with Crippen LogP contribution in [0.15, 0.2) is 0 Å². The molecule has 1 aliphatic rings. The Morgan fingerprint density at radius 3 is 0.737 bits per heavy atom. The van der Waals surface area contributed by atoms with Gasteiger partial charge in [0.25, 0.3) is 0 Å². The average molecular weight is 660 g/mol. The second kappa shape index (κ2) is 27.5. The van der Waals surface area contributed by atoms with Gasteiger partial charge in [-0.3, -0.25) is 0 Å². The minimum absolute atomic E-state index is 0. The molecule has 0 aliphatic carbocycles. The van der Waals surface area contributed by atoms with Crippen molar-refractivity contribution < 1.29 is 135 Å². The fourth-order valence-electron chi connectivity index (χ4n) is 2.13. The van der Waals surface area contributed by atoms with Crippen LogP contribution >= 0.6 is 0 Å². The number of aliphatic carboxylic acids is 6. The van der Waals surface area contributed by atoms with Gasteiger partial charge in [-0.05, 0) is 0 Å². The van der Waals surface area contributed by atoms with Crippen molar-refractivity contribution in [1.82, 2.24) is 0 Å². The van der Waals surface area contributed by atoms with Crippen LogP contribution in [0.5, 0.6) is 0 Å². The number of carbonyl (C=O) groups excluding carboxylic acids is 6.